The third-order valence-corrected chi connectivity index (χ3v) is 6.37. The van der Waals surface area contributed by atoms with Crippen LogP contribution in [-0.4, -0.2) is 38.2 Å². The van der Waals surface area contributed by atoms with Crippen molar-refractivity contribution >= 4 is 9.84 Å². The van der Waals surface area contributed by atoms with Gasteiger partial charge in [-0.3, -0.25) is 0 Å². The van der Waals surface area contributed by atoms with Gasteiger partial charge in [0.15, 0.2) is 9.84 Å². The first-order valence-electron chi connectivity index (χ1n) is 7.01. The second kappa shape index (κ2) is 5.47. The van der Waals surface area contributed by atoms with E-state index >= 15 is 0 Å². The van der Waals surface area contributed by atoms with Gasteiger partial charge in [0.1, 0.15) is 0 Å². The van der Waals surface area contributed by atoms with Gasteiger partial charge in [-0.25, -0.2) is 8.42 Å². The van der Waals surface area contributed by atoms with Gasteiger partial charge in [0.2, 0.25) is 0 Å². The minimum atomic E-state index is -3.18. The lowest BCUT2D eigenvalue weighted by atomic mass is 10.1. The molecule has 0 bridgehead atoms. The SMILES string of the molecule is CCOC[C@@]1(N)[C@H](S(=O)(=O)CC)[C@@H]1c1ccc(C)cc1. The van der Waals surface area contributed by atoms with E-state index in [2.05, 4.69) is 0 Å². The molecule has 112 valence electrons. The minimum Gasteiger partial charge on any atom is -0.380 e. The van der Waals surface area contributed by atoms with E-state index in [9.17, 15) is 8.42 Å². The number of aryl methyl sites for hydroxylation is 1. The van der Waals surface area contributed by atoms with E-state index in [-0.39, 0.29) is 18.3 Å². The summed E-state index contributed by atoms with van der Waals surface area (Å²) in [4.78, 5) is 0. The van der Waals surface area contributed by atoms with Crippen LogP contribution >= 0.6 is 0 Å². The highest BCUT2D eigenvalue weighted by Crippen LogP contribution is 2.54. The van der Waals surface area contributed by atoms with Crippen LogP contribution in [0.15, 0.2) is 24.3 Å². The summed E-state index contributed by atoms with van der Waals surface area (Å²) in [5, 5.41) is -0.533. The van der Waals surface area contributed by atoms with Crippen LogP contribution in [0.1, 0.15) is 30.9 Å². The first-order chi connectivity index (χ1) is 9.36. The number of sulfone groups is 1. The Morgan fingerprint density at radius 1 is 1.25 bits per heavy atom. The Morgan fingerprint density at radius 2 is 1.85 bits per heavy atom. The highest BCUT2D eigenvalue weighted by atomic mass is 32.2. The Labute approximate surface area is 121 Å². The normalized spacial score (nSPS) is 29.4. The van der Waals surface area contributed by atoms with E-state index in [1.165, 1.54) is 0 Å². The van der Waals surface area contributed by atoms with Gasteiger partial charge in [-0.05, 0) is 19.4 Å². The fraction of sp³-hybridized carbons (Fsp3) is 0.600. The third kappa shape index (κ3) is 2.62. The first-order valence-corrected chi connectivity index (χ1v) is 8.73. The molecule has 2 N–H and O–H groups in total. The highest BCUT2D eigenvalue weighted by molar-refractivity contribution is 7.92. The Kier molecular flexibility index (Phi) is 4.23. The number of ether oxygens (including phenoxy) is 1. The Morgan fingerprint density at radius 3 is 2.35 bits per heavy atom. The molecular weight excluding hydrogens is 274 g/mol. The summed E-state index contributed by atoms with van der Waals surface area (Å²) in [6.07, 6.45) is 0. The van der Waals surface area contributed by atoms with Crippen LogP contribution in [0.25, 0.3) is 0 Å². The maximum Gasteiger partial charge on any atom is 0.155 e. The van der Waals surface area contributed by atoms with E-state index in [1.807, 2.05) is 38.1 Å². The number of hydrogen-bond donors (Lipinski definition) is 1. The molecule has 0 saturated heterocycles. The van der Waals surface area contributed by atoms with Crippen molar-refractivity contribution in [3.63, 3.8) is 0 Å². The summed E-state index contributed by atoms with van der Waals surface area (Å²) >= 11 is 0. The molecule has 1 aromatic carbocycles. The Balaban J connectivity index is 2.32. The summed E-state index contributed by atoms with van der Waals surface area (Å²) in [5.41, 5.74) is 7.69. The van der Waals surface area contributed by atoms with Crippen molar-refractivity contribution in [2.45, 2.75) is 37.5 Å². The molecule has 0 amide bonds. The predicted octanol–water partition coefficient (Wildman–Crippen LogP) is 1.63. The van der Waals surface area contributed by atoms with E-state index in [0.29, 0.717) is 6.61 Å². The summed E-state index contributed by atoms with van der Waals surface area (Å²) in [7, 11) is -3.18. The number of nitrogens with two attached hydrogens (primary N) is 1. The molecule has 4 nitrogen and oxygen atoms in total. The molecule has 1 aliphatic carbocycles. The monoisotopic (exact) mass is 297 g/mol. The van der Waals surface area contributed by atoms with Crippen LogP contribution in [0, 0.1) is 6.92 Å². The molecule has 5 heteroatoms. The molecule has 0 aliphatic heterocycles. The van der Waals surface area contributed by atoms with E-state index < -0.39 is 20.6 Å². The van der Waals surface area contributed by atoms with Crippen LogP contribution < -0.4 is 5.73 Å². The molecule has 2 rings (SSSR count). The van der Waals surface area contributed by atoms with Crippen LogP contribution in [0.2, 0.25) is 0 Å². The van der Waals surface area contributed by atoms with Crippen molar-refractivity contribution in [3.8, 4) is 0 Å². The van der Waals surface area contributed by atoms with Crippen LogP contribution in [0.4, 0.5) is 0 Å². The lowest BCUT2D eigenvalue weighted by Crippen LogP contribution is -2.36. The zero-order chi connectivity index (χ0) is 15.0. The summed E-state index contributed by atoms with van der Waals surface area (Å²) in [6, 6.07) is 7.92. The van der Waals surface area contributed by atoms with E-state index in [4.69, 9.17) is 10.5 Å². The van der Waals surface area contributed by atoms with Crippen molar-refractivity contribution in [2.75, 3.05) is 19.0 Å². The molecule has 1 fully saturated rings. The maximum absolute atomic E-state index is 12.3. The smallest absolute Gasteiger partial charge is 0.155 e. The molecule has 0 heterocycles. The van der Waals surface area contributed by atoms with Crippen molar-refractivity contribution in [2.24, 2.45) is 5.73 Å². The van der Waals surface area contributed by atoms with Crippen molar-refractivity contribution < 1.29 is 13.2 Å². The molecule has 3 atom stereocenters. The fourth-order valence-corrected chi connectivity index (χ4v) is 4.84. The van der Waals surface area contributed by atoms with Gasteiger partial charge in [-0.15, -0.1) is 0 Å². The van der Waals surface area contributed by atoms with Gasteiger partial charge in [-0.1, -0.05) is 36.8 Å². The molecule has 20 heavy (non-hydrogen) atoms. The maximum atomic E-state index is 12.3. The van der Waals surface area contributed by atoms with Gasteiger partial charge in [0, 0.05) is 18.3 Å². The van der Waals surface area contributed by atoms with Gasteiger partial charge < -0.3 is 10.5 Å². The highest BCUT2D eigenvalue weighted by Gasteiger charge is 2.68. The standard InChI is InChI=1S/C15H23NO3S/c1-4-19-10-15(16)13(14(15)20(17,18)5-2)12-8-6-11(3)7-9-12/h6-9,13-14H,4-5,10,16H2,1-3H3/t13-,14+,15-/m0/s1. The largest absolute Gasteiger partial charge is 0.380 e. The van der Waals surface area contributed by atoms with Gasteiger partial charge in [0.05, 0.1) is 17.4 Å². The molecule has 0 spiro atoms. The minimum absolute atomic E-state index is 0.116. The quantitative estimate of drug-likeness (QED) is 0.866. The van der Waals surface area contributed by atoms with Crippen LogP contribution in [-0.2, 0) is 14.6 Å². The number of rotatable bonds is 6. The molecular formula is C15H23NO3S. The van der Waals surface area contributed by atoms with Crippen LogP contribution in [0.5, 0.6) is 0 Å². The van der Waals surface area contributed by atoms with Crippen molar-refractivity contribution in [3.05, 3.63) is 35.4 Å². The molecule has 1 saturated carbocycles. The zero-order valence-electron chi connectivity index (χ0n) is 12.3. The molecule has 1 aliphatic rings. The summed E-state index contributed by atoms with van der Waals surface area (Å²) in [5.74, 6) is -0.0509. The lowest BCUT2D eigenvalue weighted by Gasteiger charge is -2.12. The second-order valence-corrected chi connectivity index (χ2v) is 7.92. The van der Waals surface area contributed by atoms with Crippen LogP contribution in [0.3, 0.4) is 0 Å². The number of hydrogen-bond acceptors (Lipinski definition) is 4. The Hall–Kier alpha value is -0.910. The second-order valence-electron chi connectivity index (χ2n) is 5.51. The average Bonchev–Trinajstić information content (AvgIpc) is 3.05. The topological polar surface area (TPSA) is 69.4 Å². The molecule has 1 aromatic rings. The van der Waals surface area contributed by atoms with E-state index in [1.54, 1.807) is 6.92 Å². The van der Waals surface area contributed by atoms with Gasteiger partial charge in [-0.2, -0.15) is 0 Å². The third-order valence-electron chi connectivity index (χ3n) is 4.08. The summed E-state index contributed by atoms with van der Waals surface area (Å²) < 4.78 is 29.9. The number of benzene rings is 1. The Bertz CT molecular complexity index is 567. The summed E-state index contributed by atoms with van der Waals surface area (Å²) in [6.45, 7) is 6.38. The van der Waals surface area contributed by atoms with Gasteiger partial charge in [0.25, 0.3) is 0 Å². The molecule has 0 radical (unpaired) electrons. The molecule has 0 aromatic heterocycles. The van der Waals surface area contributed by atoms with Gasteiger partial charge >= 0.3 is 0 Å². The van der Waals surface area contributed by atoms with Crippen molar-refractivity contribution in [1.29, 1.82) is 0 Å². The first kappa shape index (κ1) is 15.5. The lowest BCUT2D eigenvalue weighted by molar-refractivity contribution is 0.125. The predicted molar refractivity (Wildman–Crippen MR) is 80.6 cm³/mol. The fourth-order valence-electron chi connectivity index (χ4n) is 2.85. The average molecular weight is 297 g/mol. The van der Waals surface area contributed by atoms with E-state index in [0.717, 1.165) is 11.1 Å². The van der Waals surface area contributed by atoms with Crippen molar-refractivity contribution in [1.82, 2.24) is 0 Å². The zero-order valence-corrected chi connectivity index (χ0v) is 13.1. The molecule has 0 unspecified atom stereocenters.